The minimum atomic E-state index is -0.117. The van der Waals surface area contributed by atoms with Gasteiger partial charge in [-0.25, -0.2) is 0 Å². The standard InChI is InChI=1S/C11H11N3O.2C2H6/c1-8-12-13-10(11(15)14(8)2)9-6-4-3-5-7-9;2*1-2/h3-7H,1-2H3;2*1-2H3. The van der Waals surface area contributed by atoms with Crippen molar-refractivity contribution in [2.75, 3.05) is 0 Å². The van der Waals surface area contributed by atoms with Crippen molar-refractivity contribution in [3.05, 3.63) is 46.5 Å². The molecule has 0 radical (unpaired) electrons. The predicted molar refractivity (Wildman–Crippen MR) is 80.1 cm³/mol. The highest BCUT2D eigenvalue weighted by atomic mass is 16.1. The highest BCUT2D eigenvalue weighted by Crippen LogP contribution is 2.10. The van der Waals surface area contributed by atoms with Crippen LogP contribution in [0, 0.1) is 6.92 Å². The van der Waals surface area contributed by atoms with Crippen molar-refractivity contribution in [3.8, 4) is 11.3 Å². The molecule has 0 bridgehead atoms. The van der Waals surface area contributed by atoms with Crippen LogP contribution in [-0.4, -0.2) is 14.8 Å². The molecule has 19 heavy (non-hydrogen) atoms. The molecule has 2 rings (SSSR count). The van der Waals surface area contributed by atoms with Gasteiger partial charge in [0.05, 0.1) is 0 Å². The Morgan fingerprint density at radius 1 is 0.947 bits per heavy atom. The van der Waals surface area contributed by atoms with Gasteiger partial charge in [0.15, 0.2) is 5.69 Å². The number of aryl methyl sites for hydroxylation is 1. The van der Waals surface area contributed by atoms with Crippen molar-refractivity contribution in [1.82, 2.24) is 14.8 Å². The van der Waals surface area contributed by atoms with Gasteiger partial charge < -0.3 is 0 Å². The van der Waals surface area contributed by atoms with Crippen LogP contribution < -0.4 is 5.56 Å². The van der Waals surface area contributed by atoms with Gasteiger partial charge in [0.25, 0.3) is 5.56 Å². The van der Waals surface area contributed by atoms with E-state index in [2.05, 4.69) is 10.2 Å². The Morgan fingerprint density at radius 3 is 2.00 bits per heavy atom. The van der Waals surface area contributed by atoms with Crippen molar-refractivity contribution >= 4 is 0 Å². The zero-order valence-corrected chi connectivity index (χ0v) is 12.6. The minimum absolute atomic E-state index is 0.117. The summed E-state index contributed by atoms with van der Waals surface area (Å²) in [5, 5.41) is 7.85. The first-order valence-electron chi connectivity index (χ1n) is 6.66. The van der Waals surface area contributed by atoms with Crippen molar-refractivity contribution in [2.45, 2.75) is 34.6 Å². The maximum absolute atomic E-state index is 11.9. The van der Waals surface area contributed by atoms with E-state index in [1.807, 2.05) is 58.0 Å². The fraction of sp³-hybridized carbons (Fsp3) is 0.400. The van der Waals surface area contributed by atoms with Crippen LogP contribution in [0.2, 0.25) is 0 Å². The SMILES string of the molecule is CC.CC.Cc1nnc(-c2ccccc2)c(=O)n1C. The molecule has 4 nitrogen and oxygen atoms in total. The average molecular weight is 261 g/mol. The Kier molecular flexibility index (Phi) is 8.09. The summed E-state index contributed by atoms with van der Waals surface area (Å²) in [5.41, 5.74) is 1.07. The molecule has 0 unspecified atom stereocenters. The van der Waals surface area contributed by atoms with Crippen LogP contribution in [0.4, 0.5) is 0 Å². The Balaban J connectivity index is 0.000000741. The van der Waals surface area contributed by atoms with E-state index < -0.39 is 0 Å². The molecule has 4 heteroatoms. The molecule has 0 N–H and O–H groups in total. The number of aromatic nitrogens is 3. The van der Waals surface area contributed by atoms with E-state index >= 15 is 0 Å². The second kappa shape index (κ2) is 9.03. The maximum atomic E-state index is 11.9. The van der Waals surface area contributed by atoms with E-state index in [1.165, 1.54) is 4.57 Å². The first-order valence-corrected chi connectivity index (χ1v) is 6.66. The van der Waals surface area contributed by atoms with E-state index in [-0.39, 0.29) is 5.56 Å². The van der Waals surface area contributed by atoms with Crippen LogP contribution in [0.1, 0.15) is 33.5 Å². The van der Waals surface area contributed by atoms with Crippen molar-refractivity contribution in [2.24, 2.45) is 7.05 Å². The average Bonchev–Trinajstić information content (AvgIpc) is 2.50. The van der Waals surface area contributed by atoms with Gasteiger partial charge in [0.1, 0.15) is 5.82 Å². The third-order valence-electron chi connectivity index (χ3n) is 2.33. The van der Waals surface area contributed by atoms with Gasteiger partial charge in [-0.2, -0.15) is 0 Å². The smallest absolute Gasteiger partial charge is 0.280 e. The largest absolute Gasteiger partial charge is 0.297 e. The molecular formula is C15H23N3O. The van der Waals surface area contributed by atoms with Crippen molar-refractivity contribution in [1.29, 1.82) is 0 Å². The minimum Gasteiger partial charge on any atom is -0.297 e. The summed E-state index contributed by atoms with van der Waals surface area (Å²) >= 11 is 0. The molecule has 0 aliphatic heterocycles. The molecule has 0 saturated heterocycles. The van der Waals surface area contributed by atoms with Gasteiger partial charge in [0, 0.05) is 12.6 Å². The molecule has 0 fully saturated rings. The van der Waals surface area contributed by atoms with Crippen LogP contribution in [0.5, 0.6) is 0 Å². The van der Waals surface area contributed by atoms with Crippen LogP contribution in [-0.2, 0) is 7.05 Å². The second-order valence-electron chi connectivity index (χ2n) is 3.33. The summed E-state index contributed by atoms with van der Waals surface area (Å²) in [7, 11) is 1.69. The Morgan fingerprint density at radius 2 is 1.47 bits per heavy atom. The highest BCUT2D eigenvalue weighted by Gasteiger charge is 2.07. The number of rotatable bonds is 1. The summed E-state index contributed by atoms with van der Waals surface area (Å²) in [4.78, 5) is 11.9. The first kappa shape index (κ1) is 17.0. The lowest BCUT2D eigenvalue weighted by molar-refractivity contribution is 0.732. The summed E-state index contributed by atoms with van der Waals surface area (Å²) in [6.45, 7) is 9.75. The van der Waals surface area contributed by atoms with Crippen LogP contribution in [0.15, 0.2) is 35.1 Å². The van der Waals surface area contributed by atoms with E-state index in [4.69, 9.17) is 0 Å². The van der Waals surface area contributed by atoms with Crippen LogP contribution in [0.3, 0.4) is 0 Å². The molecule has 0 atom stereocenters. The summed E-state index contributed by atoms with van der Waals surface area (Å²) in [5.74, 6) is 0.611. The zero-order valence-electron chi connectivity index (χ0n) is 12.6. The van der Waals surface area contributed by atoms with E-state index in [9.17, 15) is 4.79 Å². The fourth-order valence-electron chi connectivity index (χ4n) is 1.32. The quantitative estimate of drug-likeness (QED) is 0.792. The van der Waals surface area contributed by atoms with Crippen molar-refractivity contribution < 1.29 is 0 Å². The molecule has 0 saturated carbocycles. The maximum Gasteiger partial charge on any atom is 0.280 e. The molecule has 1 aromatic carbocycles. The van der Waals surface area contributed by atoms with Crippen molar-refractivity contribution in [3.63, 3.8) is 0 Å². The summed E-state index contributed by atoms with van der Waals surface area (Å²) in [6, 6.07) is 9.34. The lowest BCUT2D eigenvalue weighted by Crippen LogP contribution is -2.23. The van der Waals surface area contributed by atoms with Gasteiger partial charge in [-0.15, -0.1) is 10.2 Å². The number of hydrogen-bond acceptors (Lipinski definition) is 3. The number of nitrogens with zero attached hydrogens (tertiary/aromatic N) is 3. The van der Waals surface area contributed by atoms with Gasteiger partial charge in [-0.05, 0) is 6.92 Å². The number of benzene rings is 1. The van der Waals surface area contributed by atoms with Gasteiger partial charge in [-0.3, -0.25) is 9.36 Å². The lowest BCUT2D eigenvalue weighted by atomic mass is 10.2. The zero-order chi connectivity index (χ0) is 14.8. The Hall–Kier alpha value is -1.97. The molecule has 104 valence electrons. The second-order valence-corrected chi connectivity index (χ2v) is 3.33. The molecule has 1 aromatic heterocycles. The molecular weight excluding hydrogens is 238 g/mol. The predicted octanol–water partition coefficient (Wildman–Crippen LogP) is 3.20. The van der Waals surface area contributed by atoms with Crippen LogP contribution >= 0.6 is 0 Å². The molecule has 0 aliphatic rings. The van der Waals surface area contributed by atoms with Crippen LogP contribution in [0.25, 0.3) is 11.3 Å². The molecule has 0 aliphatic carbocycles. The lowest BCUT2D eigenvalue weighted by Gasteiger charge is -2.03. The highest BCUT2D eigenvalue weighted by molar-refractivity contribution is 5.56. The fourth-order valence-corrected chi connectivity index (χ4v) is 1.32. The molecule has 0 spiro atoms. The third-order valence-corrected chi connectivity index (χ3v) is 2.33. The summed E-state index contributed by atoms with van der Waals surface area (Å²) < 4.78 is 1.50. The molecule has 0 amide bonds. The van der Waals surface area contributed by atoms with Gasteiger partial charge >= 0.3 is 0 Å². The molecule has 1 heterocycles. The van der Waals surface area contributed by atoms with E-state index in [0.29, 0.717) is 11.5 Å². The summed E-state index contributed by atoms with van der Waals surface area (Å²) in [6.07, 6.45) is 0. The third kappa shape index (κ3) is 4.32. The number of hydrogen-bond donors (Lipinski definition) is 0. The van der Waals surface area contributed by atoms with Gasteiger partial charge in [-0.1, -0.05) is 58.0 Å². The monoisotopic (exact) mass is 261 g/mol. The first-order chi connectivity index (χ1) is 9.20. The Labute approximate surface area is 115 Å². The topological polar surface area (TPSA) is 47.8 Å². The molecule has 2 aromatic rings. The Bertz CT molecular complexity index is 533. The normalized spacial score (nSPS) is 8.74. The van der Waals surface area contributed by atoms with E-state index in [0.717, 1.165) is 5.56 Å². The van der Waals surface area contributed by atoms with E-state index in [1.54, 1.807) is 14.0 Å². The van der Waals surface area contributed by atoms with Gasteiger partial charge in [0.2, 0.25) is 0 Å².